The zero-order valence-electron chi connectivity index (χ0n) is 7.17. The van der Waals surface area contributed by atoms with Gasteiger partial charge in [0.05, 0.1) is 10.4 Å². The topological polar surface area (TPSA) is 20.2 Å². The molecule has 12 heavy (non-hydrogen) atoms. The molecular weight excluding hydrogens is 216 g/mol. The van der Waals surface area contributed by atoms with Crippen molar-refractivity contribution < 1.29 is 5.11 Å². The molecule has 1 nitrogen and oxygen atoms in total. The summed E-state index contributed by atoms with van der Waals surface area (Å²) >= 11 is 3.69. The standard InChI is InChI=1S/C10H15BrO/c1-2-9(12)10(11)7-5-3-4-6-8(7)10/h2,7-9,12H,1,3-6H2. The average Bonchev–Trinajstić information content (AvgIpc) is 2.74. The van der Waals surface area contributed by atoms with Crippen molar-refractivity contribution >= 4 is 15.9 Å². The maximum Gasteiger partial charge on any atom is 0.0877 e. The van der Waals surface area contributed by atoms with Gasteiger partial charge < -0.3 is 5.11 Å². The Kier molecular flexibility index (Phi) is 2.08. The van der Waals surface area contributed by atoms with E-state index < -0.39 is 0 Å². The van der Waals surface area contributed by atoms with Gasteiger partial charge in [-0.1, -0.05) is 34.8 Å². The highest BCUT2D eigenvalue weighted by atomic mass is 79.9. The Morgan fingerprint density at radius 1 is 1.42 bits per heavy atom. The lowest BCUT2D eigenvalue weighted by Gasteiger charge is -2.13. The lowest BCUT2D eigenvalue weighted by Crippen LogP contribution is -2.22. The second-order valence-corrected chi connectivity index (χ2v) is 5.38. The summed E-state index contributed by atoms with van der Waals surface area (Å²) in [4.78, 5) is 0. The largest absolute Gasteiger partial charge is 0.388 e. The predicted octanol–water partition coefficient (Wildman–Crippen LogP) is 2.49. The molecule has 68 valence electrons. The van der Waals surface area contributed by atoms with Gasteiger partial charge in [-0.25, -0.2) is 0 Å². The van der Waals surface area contributed by atoms with E-state index in [0.717, 1.165) is 0 Å². The van der Waals surface area contributed by atoms with Crippen molar-refractivity contribution in [3.05, 3.63) is 12.7 Å². The maximum atomic E-state index is 9.72. The van der Waals surface area contributed by atoms with Crippen LogP contribution >= 0.6 is 15.9 Å². The molecule has 3 atom stereocenters. The van der Waals surface area contributed by atoms with E-state index in [0.29, 0.717) is 11.8 Å². The molecule has 2 heteroatoms. The van der Waals surface area contributed by atoms with E-state index in [-0.39, 0.29) is 10.4 Å². The van der Waals surface area contributed by atoms with Crippen LogP contribution in [0.4, 0.5) is 0 Å². The summed E-state index contributed by atoms with van der Waals surface area (Å²) in [5.74, 6) is 1.42. The number of hydrogen-bond acceptors (Lipinski definition) is 1. The molecule has 2 aliphatic rings. The molecule has 2 saturated carbocycles. The zero-order chi connectivity index (χ0) is 8.77. The fourth-order valence-electron chi connectivity index (χ4n) is 2.72. The Hall–Kier alpha value is 0.180. The van der Waals surface area contributed by atoms with Gasteiger partial charge in [0.15, 0.2) is 0 Å². The quantitative estimate of drug-likeness (QED) is 0.571. The smallest absolute Gasteiger partial charge is 0.0877 e. The molecule has 0 saturated heterocycles. The summed E-state index contributed by atoms with van der Waals surface area (Å²) in [6.07, 6.45) is 6.52. The minimum atomic E-state index is -0.356. The number of fused-ring (bicyclic) bond motifs is 1. The molecule has 0 amide bonds. The number of rotatable bonds is 2. The van der Waals surface area contributed by atoms with Crippen LogP contribution in [0.3, 0.4) is 0 Å². The van der Waals surface area contributed by atoms with E-state index in [1.54, 1.807) is 6.08 Å². The fourth-order valence-corrected chi connectivity index (χ4v) is 3.87. The van der Waals surface area contributed by atoms with Crippen molar-refractivity contribution in [1.82, 2.24) is 0 Å². The van der Waals surface area contributed by atoms with E-state index in [2.05, 4.69) is 22.5 Å². The van der Waals surface area contributed by atoms with E-state index in [1.165, 1.54) is 25.7 Å². The molecule has 0 heterocycles. The van der Waals surface area contributed by atoms with Gasteiger partial charge in [-0.2, -0.15) is 0 Å². The van der Waals surface area contributed by atoms with Crippen LogP contribution in [0.2, 0.25) is 0 Å². The first-order chi connectivity index (χ1) is 5.71. The van der Waals surface area contributed by atoms with E-state index in [1.807, 2.05) is 0 Å². The van der Waals surface area contributed by atoms with Crippen LogP contribution in [0.5, 0.6) is 0 Å². The van der Waals surface area contributed by atoms with Crippen molar-refractivity contribution in [3.63, 3.8) is 0 Å². The van der Waals surface area contributed by atoms with Gasteiger partial charge in [-0.05, 0) is 24.7 Å². The van der Waals surface area contributed by atoms with Crippen LogP contribution in [-0.4, -0.2) is 15.5 Å². The normalized spacial score (nSPS) is 47.8. The summed E-state index contributed by atoms with van der Waals surface area (Å²) in [6.45, 7) is 3.64. The summed E-state index contributed by atoms with van der Waals surface area (Å²) in [7, 11) is 0. The van der Waals surface area contributed by atoms with Crippen LogP contribution in [0.25, 0.3) is 0 Å². The number of aliphatic hydroxyl groups excluding tert-OH is 1. The lowest BCUT2D eigenvalue weighted by molar-refractivity contribution is 0.205. The number of alkyl halides is 1. The van der Waals surface area contributed by atoms with Gasteiger partial charge in [-0.15, -0.1) is 6.58 Å². The Morgan fingerprint density at radius 2 is 1.92 bits per heavy atom. The molecule has 0 bridgehead atoms. The zero-order valence-corrected chi connectivity index (χ0v) is 8.76. The number of halogens is 1. The van der Waals surface area contributed by atoms with Crippen molar-refractivity contribution in [2.75, 3.05) is 0 Å². The third-order valence-electron chi connectivity index (χ3n) is 3.47. The van der Waals surface area contributed by atoms with E-state index in [4.69, 9.17) is 0 Å². The summed E-state index contributed by atoms with van der Waals surface area (Å²) in [5.41, 5.74) is 0. The second-order valence-electron chi connectivity index (χ2n) is 4.01. The van der Waals surface area contributed by atoms with Gasteiger partial charge in [0.25, 0.3) is 0 Å². The average molecular weight is 231 g/mol. The van der Waals surface area contributed by atoms with Crippen molar-refractivity contribution in [2.24, 2.45) is 11.8 Å². The summed E-state index contributed by atoms with van der Waals surface area (Å²) < 4.78 is 0.00521. The monoisotopic (exact) mass is 230 g/mol. The maximum absolute atomic E-state index is 9.72. The van der Waals surface area contributed by atoms with Crippen LogP contribution in [0.1, 0.15) is 25.7 Å². The van der Waals surface area contributed by atoms with E-state index in [9.17, 15) is 5.11 Å². The Bertz CT molecular complexity index is 190. The van der Waals surface area contributed by atoms with Gasteiger partial charge in [0.2, 0.25) is 0 Å². The first-order valence-electron chi connectivity index (χ1n) is 4.70. The molecule has 0 radical (unpaired) electrons. The Balaban J connectivity index is 2.09. The third-order valence-corrected chi connectivity index (χ3v) is 5.12. The molecular formula is C10H15BrO. The van der Waals surface area contributed by atoms with E-state index >= 15 is 0 Å². The SMILES string of the molecule is C=CC(O)C1(Br)C2CCCCC21. The van der Waals surface area contributed by atoms with Gasteiger partial charge in [0, 0.05) is 0 Å². The van der Waals surface area contributed by atoms with Crippen LogP contribution < -0.4 is 0 Å². The molecule has 0 aromatic carbocycles. The molecule has 0 aliphatic heterocycles. The molecule has 0 spiro atoms. The van der Waals surface area contributed by atoms with Gasteiger partial charge >= 0.3 is 0 Å². The van der Waals surface area contributed by atoms with Crippen molar-refractivity contribution in [3.8, 4) is 0 Å². The first kappa shape index (κ1) is 8.76. The number of hydrogen-bond donors (Lipinski definition) is 1. The molecule has 3 unspecified atom stereocenters. The first-order valence-corrected chi connectivity index (χ1v) is 5.50. The predicted molar refractivity (Wildman–Crippen MR) is 53.3 cm³/mol. The summed E-state index contributed by atoms with van der Waals surface area (Å²) in [5, 5.41) is 9.72. The molecule has 2 fully saturated rings. The molecule has 0 aromatic rings. The van der Waals surface area contributed by atoms with Crippen LogP contribution in [-0.2, 0) is 0 Å². The molecule has 2 rings (SSSR count). The van der Waals surface area contributed by atoms with Crippen molar-refractivity contribution in [1.29, 1.82) is 0 Å². The molecule has 0 aromatic heterocycles. The fraction of sp³-hybridized carbons (Fsp3) is 0.800. The molecule has 1 N–H and O–H groups in total. The van der Waals surface area contributed by atoms with Crippen molar-refractivity contribution in [2.45, 2.75) is 36.1 Å². The van der Waals surface area contributed by atoms with Crippen LogP contribution in [0.15, 0.2) is 12.7 Å². The second kappa shape index (κ2) is 2.85. The minimum absolute atomic E-state index is 0.00521. The van der Waals surface area contributed by atoms with Gasteiger partial charge in [0.1, 0.15) is 0 Å². The highest BCUT2D eigenvalue weighted by Gasteiger charge is 2.65. The Labute approximate surface area is 82.0 Å². The number of aliphatic hydroxyl groups is 1. The molecule has 2 aliphatic carbocycles. The lowest BCUT2D eigenvalue weighted by atomic mass is 10.0. The third kappa shape index (κ3) is 1.01. The highest BCUT2D eigenvalue weighted by Crippen LogP contribution is 2.65. The Morgan fingerprint density at radius 3 is 2.33 bits per heavy atom. The highest BCUT2D eigenvalue weighted by molar-refractivity contribution is 9.10. The van der Waals surface area contributed by atoms with Crippen LogP contribution in [0, 0.1) is 11.8 Å². The minimum Gasteiger partial charge on any atom is -0.388 e. The summed E-state index contributed by atoms with van der Waals surface area (Å²) in [6, 6.07) is 0. The van der Waals surface area contributed by atoms with Gasteiger partial charge in [-0.3, -0.25) is 0 Å².